The maximum absolute atomic E-state index is 10.6. The highest BCUT2D eigenvalue weighted by Crippen LogP contribution is 2.07. The summed E-state index contributed by atoms with van der Waals surface area (Å²) < 4.78 is 15.0. The van der Waals surface area contributed by atoms with Crippen molar-refractivity contribution < 1.29 is 19.0 Å². The Morgan fingerprint density at radius 1 is 1.58 bits per heavy atom. The smallest absolute Gasteiger partial charge is 0.330 e. The monoisotopic (exact) mass is 172 g/mol. The average molecular weight is 172 g/mol. The molecule has 4 heteroatoms. The quantitative estimate of drug-likeness (QED) is 0.457. The molecule has 1 rings (SSSR count). The fourth-order valence-electron chi connectivity index (χ4n) is 0.889. The summed E-state index contributed by atoms with van der Waals surface area (Å²) in [5.41, 5.74) is 0. The van der Waals surface area contributed by atoms with Crippen molar-refractivity contribution in [1.82, 2.24) is 0 Å². The lowest BCUT2D eigenvalue weighted by atomic mass is 10.4. The molecule has 0 amide bonds. The Morgan fingerprint density at radius 3 is 2.83 bits per heavy atom. The Labute approximate surface area is 71.1 Å². The van der Waals surface area contributed by atoms with Crippen LogP contribution in [0.5, 0.6) is 0 Å². The molecule has 0 unspecified atom stereocenters. The van der Waals surface area contributed by atoms with Crippen molar-refractivity contribution in [2.75, 3.05) is 19.8 Å². The Kier molecular flexibility index (Phi) is 3.76. The van der Waals surface area contributed by atoms with Gasteiger partial charge in [0.1, 0.15) is 0 Å². The first-order valence-electron chi connectivity index (χ1n) is 3.85. The molecule has 1 saturated heterocycles. The minimum Gasteiger partial charge on any atom is -0.462 e. The second-order valence-corrected chi connectivity index (χ2v) is 2.33. The van der Waals surface area contributed by atoms with Gasteiger partial charge in [-0.2, -0.15) is 0 Å². The molecule has 68 valence electrons. The zero-order chi connectivity index (χ0) is 8.81. The number of hydrogen-bond acceptors (Lipinski definition) is 4. The lowest BCUT2D eigenvalue weighted by Gasteiger charge is -2.07. The van der Waals surface area contributed by atoms with Gasteiger partial charge in [-0.15, -0.1) is 0 Å². The first-order valence-corrected chi connectivity index (χ1v) is 3.85. The molecule has 0 bridgehead atoms. The highest BCUT2D eigenvalue weighted by atomic mass is 16.7. The lowest BCUT2D eigenvalue weighted by molar-refractivity contribution is -0.140. The third kappa shape index (κ3) is 3.02. The van der Waals surface area contributed by atoms with E-state index >= 15 is 0 Å². The largest absolute Gasteiger partial charge is 0.462 e. The van der Waals surface area contributed by atoms with Gasteiger partial charge in [-0.05, 0) is 0 Å². The van der Waals surface area contributed by atoms with Crippen molar-refractivity contribution in [2.45, 2.75) is 12.7 Å². The van der Waals surface area contributed by atoms with E-state index in [9.17, 15) is 4.79 Å². The number of carbonyl (C=O) groups is 1. The van der Waals surface area contributed by atoms with Crippen molar-refractivity contribution in [3.63, 3.8) is 0 Å². The van der Waals surface area contributed by atoms with Crippen LogP contribution in [0.25, 0.3) is 0 Å². The van der Waals surface area contributed by atoms with Crippen molar-refractivity contribution in [3.8, 4) is 0 Å². The molecule has 0 aromatic rings. The van der Waals surface area contributed by atoms with Gasteiger partial charge in [0.25, 0.3) is 0 Å². The molecule has 4 nitrogen and oxygen atoms in total. The van der Waals surface area contributed by atoms with Crippen LogP contribution < -0.4 is 0 Å². The molecule has 0 radical (unpaired) electrons. The average Bonchev–Trinajstić information content (AvgIpc) is 2.57. The summed E-state index contributed by atoms with van der Waals surface area (Å²) in [6.07, 6.45) is 1.51. The summed E-state index contributed by atoms with van der Waals surface area (Å²) in [6, 6.07) is 0. The van der Waals surface area contributed by atoms with Crippen LogP contribution in [0.1, 0.15) is 6.42 Å². The van der Waals surface area contributed by atoms with Crippen LogP contribution in [-0.2, 0) is 19.0 Å². The van der Waals surface area contributed by atoms with E-state index < -0.39 is 5.97 Å². The molecule has 0 aromatic heterocycles. The summed E-state index contributed by atoms with van der Waals surface area (Å²) >= 11 is 0. The van der Waals surface area contributed by atoms with E-state index in [-0.39, 0.29) is 6.29 Å². The van der Waals surface area contributed by atoms with Crippen LogP contribution in [0, 0.1) is 0 Å². The van der Waals surface area contributed by atoms with Gasteiger partial charge in [0.15, 0.2) is 6.29 Å². The molecular formula is C8H12O4. The minimum atomic E-state index is -0.409. The number of esters is 1. The Balaban J connectivity index is 2.01. The first-order chi connectivity index (χ1) is 5.83. The number of ether oxygens (including phenoxy) is 3. The Hall–Kier alpha value is -0.870. The van der Waals surface area contributed by atoms with Crippen LogP contribution in [-0.4, -0.2) is 32.1 Å². The third-order valence-corrected chi connectivity index (χ3v) is 1.46. The van der Waals surface area contributed by atoms with Gasteiger partial charge in [-0.3, -0.25) is 0 Å². The van der Waals surface area contributed by atoms with Crippen LogP contribution in [0.4, 0.5) is 0 Å². The zero-order valence-electron chi connectivity index (χ0n) is 6.82. The summed E-state index contributed by atoms with van der Waals surface area (Å²) in [5.74, 6) is -0.409. The summed E-state index contributed by atoms with van der Waals surface area (Å²) in [7, 11) is 0. The fourth-order valence-corrected chi connectivity index (χ4v) is 0.889. The van der Waals surface area contributed by atoms with Gasteiger partial charge in [0, 0.05) is 12.5 Å². The second-order valence-electron chi connectivity index (χ2n) is 2.33. The molecule has 1 aliphatic rings. The van der Waals surface area contributed by atoms with Crippen molar-refractivity contribution in [1.29, 1.82) is 0 Å². The lowest BCUT2D eigenvalue weighted by Crippen LogP contribution is -2.12. The van der Waals surface area contributed by atoms with E-state index in [2.05, 4.69) is 6.58 Å². The molecule has 1 aliphatic heterocycles. The Bertz CT molecular complexity index is 160. The summed E-state index contributed by atoms with van der Waals surface area (Å²) in [5, 5.41) is 0. The molecular weight excluding hydrogens is 160 g/mol. The van der Waals surface area contributed by atoms with E-state index in [1.54, 1.807) is 0 Å². The highest BCUT2D eigenvalue weighted by Gasteiger charge is 2.15. The highest BCUT2D eigenvalue weighted by molar-refractivity contribution is 5.81. The van der Waals surface area contributed by atoms with E-state index in [1.807, 2.05) is 0 Å². The number of hydrogen-bond donors (Lipinski definition) is 0. The second kappa shape index (κ2) is 4.90. The zero-order valence-corrected chi connectivity index (χ0v) is 6.82. The predicted octanol–water partition coefficient (Wildman–Crippen LogP) is 0.479. The standard InChI is InChI=1S/C8H12O4/c1-2-7(9)10-4-3-8-11-5-6-12-8/h2,8H,1,3-6H2. The van der Waals surface area contributed by atoms with E-state index in [1.165, 1.54) is 0 Å². The molecule has 0 atom stereocenters. The molecule has 0 aliphatic carbocycles. The Morgan fingerprint density at radius 2 is 2.25 bits per heavy atom. The van der Waals surface area contributed by atoms with Crippen LogP contribution >= 0.6 is 0 Å². The molecule has 12 heavy (non-hydrogen) atoms. The minimum absolute atomic E-state index is 0.206. The van der Waals surface area contributed by atoms with Gasteiger partial charge in [0.05, 0.1) is 19.8 Å². The molecule has 0 aromatic carbocycles. The molecule has 0 spiro atoms. The topological polar surface area (TPSA) is 44.8 Å². The van der Waals surface area contributed by atoms with Crippen molar-refractivity contribution >= 4 is 5.97 Å². The predicted molar refractivity (Wildman–Crippen MR) is 41.5 cm³/mol. The van der Waals surface area contributed by atoms with Crippen molar-refractivity contribution in [3.05, 3.63) is 12.7 Å². The van der Waals surface area contributed by atoms with E-state index in [0.717, 1.165) is 6.08 Å². The number of rotatable bonds is 4. The summed E-state index contributed by atoms with van der Waals surface area (Å²) in [6.45, 7) is 4.84. The van der Waals surface area contributed by atoms with Gasteiger partial charge >= 0.3 is 5.97 Å². The molecule has 1 fully saturated rings. The SMILES string of the molecule is C=CC(=O)OCCC1OCCO1. The van der Waals surface area contributed by atoms with Gasteiger partial charge in [-0.25, -0.2) is 4.79 Å². The normalized spacial score (nSPS) is 17.7. The number of carbonyl (C=O) groups excluding carboxylic acids is 1. The van der Waals surface area contributed by atoms with Crippen LogP contribution in [0.15, 0.2) is 12.7 Å². The first kappa shape index (κ1) is 9.22. The molecule has 1 heterocycles. The van der Waals surface area contributed by atoms with Crippen LogP contribution in [0.2, 0.25) is 0 Å². The third-order valence-electron chi connectivity index (χ3n) is 1.46. The summed E-state index contributed by atoms with van der Waals surface area (Å²) in [4.78, 5) is 10.6. The van der Waals surface area contributed by atoms with Crippen LogP contribution in [0.3, 0.4) is 0 Å². The van der Waals surface area contributed by atoms with E-state index in [4.69, 9.17) is 14.2 Å². The maximum atomic E-state index is 10.6. The fraction of sp³-hybridized carbons (Fsp3) is 0.625. The van der Waals surface area contributed by atoms with Gasteiger partial charge < -0.3 is 14.2 Å². The van der Waals surface area contributed by atoms with Gasteiger partial charge in [-0.1, -0.05) is 6.58 Å². The maximum Gasteiger partial charge on any atom is 0.330 e. The van der Waals surface area contributed by atoms with Crippen molar-refractivity contribution in [2.24, 2.45) is 0 Å². The molecule has 0 N–H and O–H groups in total. The molecule has 0 saturated carbocycles. The van der Waals surface area contributed by atoms with E-state index in [0.29, 0.717) is 26.2 Å². The van der Waals surface area contributed by atoms with Gasteiger partial charge in [0.2, 0.25) is 0 Å².